The molecule has 0 bridgehead atoms. The normalized spacial score (nSPS) is 10.8. The molecule has 0 unspecified atom stereocenters. The molecule has 2 rings (SSSR count). The highest BCUT2D eigenvalue weighted by atomic mass is 35.5. The maximum absolute atomic E-state index is 13.5. The standard InChI is InChI=1S/C12H11ClFN3OS/c1-6(2)11-16-17-12(19-11)15-10(18)8-5-7(13)3-4-9(8)14/h3-6H,1-2H3,(H,15,17,18). The van der Waals surface area contributed by atoms with Gasteiger partial charge in [0.1, 0.15) is 10.8 Å². The zero-order chi connectivity index (χ0) is 14.0. The third kappa shape index (κ3) is 3.27. The van der Waals surface area contributed by atoms with Crippen molar-refractivity contribution in [2.24, 2.45) is 0 Å². The number of rotatable bonds is 3. The second-order valence-corrected chi connectivity index (χ2v) is 5.62. The summed E-state index contributed by atoms with van der Waals surface area (Å²) < 4.78 is 13.5. The van der Waals surface area contributed by atoms with E-state index in [0.29, 0.717) is 10.2 Å². The number of nitrogens with one attached hydrogen (secondary N) is 1. The average Bonchev–Trinajstić information content (AvgIpc) is 2.80. The van der Waals surface area contributed by atoms with Crippen LogP contribution in [-0.2, 0) is 0 Å². The highest BCUT2D eigenvalue weighted by molar-refractivity contribution is 7.15. The van der Waals surface area contributed by atoms with Crippen LogP contribution < -0.4 is 5.32 Å². The van der Waals surface area contributed by atoms with Gasteiger partial charge in [-0.15, -0.1) is 10.2 Å². The molecule has 0 atom stereocenters. The van der Waals surface area contributed by atoms with Crippen LogP contribution >= 0.6 is 22.9 Å². The molecule has 0 saturated heterocycles. The fourth-order valence-electron chi connectivity index (χ4n) is 1.35. The molecule has 1 aromatic heterocycles. The molecule has 0 aliphatic rings. The third-order valence-electron chi connectivity index (χ3n) is 2.33. The summed E-state index contributed by atoms with van der Waals surface area (Å²) in [6.45, 7) is 3.95. The van der Waals surface area contributed by atoms with Crippen LogP contribution in [0.1, 0.15) is 35.1 Å². The molecule has 4 nitrogen and oxygen atoms in total. The predicted molar refractivity (Wildman–Crippen MR) is 73.4 cm³/mol. The number of carbonyl (C=O) groups excluding carboxylic acids is 1. The maximum Gasteiger partial charge on any atom is 0.260 e. The van der Waals surface area contributed by atoms with Gasteiger partial charge in [0.25, 0.3) is 5.91 Å². The van der Waals surface area contributed by atoms with Crippen molar-refractivity contribution in [1.82, 2.24) is 10.2 Å². The molecule has 0 aliphatic heterocycles. The van der Waals surface area contributed by atoms with Crippen LogP contribution in [0.15, 0.2) is 18.2 Å². The molecule has 0 aliphatic carbocycles. The number of halogens is 2. The summed E-state index contributed by atoms with van der Waals surface area (Å²) in [6.07, 6.45) is 0. The zero-order valence-corrected chi connectivity index (χ0v) is 11.8. The van der Waals surface area contributed by atoms with Gasteiger partial charge in [0.15, 0.2) is 0 Å². The van der Waals surface area contributed by atoms with Gasteiger partial charge in [-0.1, -0.05) is 36.8 Å². The van der Waals surface area contributed by atoms with Gasteiger partial charge >= 0.3 is 0 Å². The predicted octanol–water partition coefficient (Wildman–Crippen LogP) is 3.71. The minimum absolute atomic E-state index is 0.117. The Morgan fingerprint density at radius 3 is 2.79 bits per heavy atom. The zero-order valence-electron chi connectivity index (χ0n) is 10.3. The number of hydrogen-bond acceptors (Lipinski definition) is 4. The quantitative estimate of drug-likeness (QED) is 0.940. The Hall–Kier alpha value is -1.53. The molecule has 0 fully saturated rings. The number of aromatic nitrogens is 2. The fraction of sp³-hybridized carbons (Fsp3) is 0.250. The Kier molecular flexibility index (Phi) is 4.11. The monoisotopic (exact) mass is 299 g/mol. The van der Waals surface area contributed by atoms with Crippen molar-refractivity contribution in [3.8, 4) is 0 Å². The van der Waals surface area contributed by atoms with Gasteiger partial charge in [0.05, 0.1) is 5.56 Å². The van der Waals surface area contributed by atoms with Crippen LogP contribution in [0.25, 0.3) is 0 Å². The van der Waals surface area contributed by atoms with E-state index in [1.165, 1.54) is 23.5 Å². The summed E-state index contributed by atoms with van der Waals surface area (Å²) in [4.78, 5) is 11.9. The molecule has 19 heavy (non-hydrogen) atoms. The molecule has 1 amide bonds. The highest BCUT2D eigenvalue weighted by Crippen LogP contribution is 2.23. The first-order chi connectivity index (χ1) is 8.97. The molecule has 0 spiro atoms. The molecule has 0 saturated carbocycles. The van der Waals surface area contributed by atoms with E-state index in [2.05, 4.69) is 15.5 Å². The van der Waals surface area contributed by atoms with Gasteiger partial charge in [0.2, 0.25) is 5.13 Å². The van der Waals surface area contributed by atoms with E-state index in [1.54, 1.807) is 0 Å². The number of anilines is 1. The second-order valence-electron chi connectivity index (χ2n) is 4.18. The smallest absolute Gasteiger partial charge is 0.260 e. The molecule has 7 heteroatoms. The van der Waals surface area contributed by atoms with Crippen molar-refractivity contribution < 1.29 is 9.18 Å². The molecule has 1 heterocycles. The SMILES string of the molecule is CC(C)c1nnc(NC(=O)c2cc(Cl)ccc2F)s1. The van der Waals surface area contributed by atoms with E-state index in [0.717, 1.165) is 11.1 Å². The Bertz CT molecular complexity index is 615. The minimum atomic E-state index is -0.629. The lowest BCUT2D eigenvalue weighted by atomic mass is 10.2. The van der Waals surface area contributed by atoms with E-state index in [4.69, 9.17) is 11.6 Å². The van der Waals surface area contributed by atoms with E-state index < -0.39 is 11.7 Å². The number of carbonyl (C=O) groups is 1. The summed E-state index contributed by atoms with van der Waals surface area (Å²) in [5.41, 5.74) is -0.117. The van der Waals surface area contributed by atoms with Crippen LogP contribution in [-0.4, -0.2) is 16.1 Å². The number of hydrogen-bond donors (Lipinski definition) is 1. The van der Waals surface area contributed by atoms with E-state index in [9.17, 15) is 9.18 Å². The molecule has 0 radical (unpaired) electrons. The van der Waals surface area contributed by atoms with Gasteiger partial charge < -0.3 is 0 Å². The Balaban J connectivity index is 2.18. The molecule has 1 N–H and O–H groups in total. The van der Waals surface area contributed by atoms with Crippen LogP contribution in [0.4, 0.5) is 9.52 Å². The third-order valence-corrected chi connectivity index (χ3v) is 3.70. The van der Waals surface area contributed by atoms with Crippen molar-refractivity contribution in [2.75, 3.05) is 5.32 Å². The van der Waals surface area contributed by atoms with Crippen molar-refractivity contribution in [3.63, 3.8) is 0 Å². The topological polar surface area (TPSA) is 54.9 Å². The number of nitrogens with zero attached hydrogens (tertiary/aromatic N) is 2. The van der Waals surface area contributed by atoms with Gasteiger partial charge in [-0.3, -0.25) is 10.1 Å². The highest BCUT2D eigenvalue weighted by Gasteiger charge is 2.15. The largest absolute Gasteiger partial charge is 0.296 e. The molecular weight excluding hydrogens is 289 g/mol. The number of benzene rings is 1. The van der Waals surface area contributed by atoms with Gasteiger partial charge in [-0.05, 0) is 18.2 Å². The lowest BCUT2D eigenvalue weighted by Crippen LogP contribution is -2.13. The minimum Gasteiger partial charge on any atom is -0.296 e. The van der Waals surface area contributed by atoms with Gasteiger partial charge in [0, 0.05) is 10.9 Å². The molecule has 1 aromatic carbocycles. The van der Waals surface area contributed by atoms with Crippen molar-refractivity contribution in [1.29, 1.82) is 0 Å². The van der Waals surface area contributed by atoms with E-state index >= 15 is 0 Å². The lowest BCUT2D eigenvalue weighted by molar-refractivity contribution is 0.102. The van der Waals surface area contributed by atoms with Crippen molar-refractivity contribution >= 4 is 34.0 Å². The van der Waals surface area contributed by atoms with Crippen molar-refractivity contribution in [2.45, 2.75) is 19.8 Å². The van der Waals surface area contributed by atoms with Gasteiger partial charge in [-0.2, -0.15) is 0 Å². The van der Waals surface area contributed by atoms with E-state index in [1.807, 2.05) is 13.8 Å². The molecular formula is C12H11ClFN3OS. The Labute approximate surface area is 118 Å². The van der Waals surface area contributed by atoms with Crippen molar-refractivity contribution in [3.05, 3.63) is 39.6 Å². The van der Waals surface area contributed by atoms with Crippen LogP contribution in [0, 0.1) is 5.82 Å². The average molecular weight is 300 g/mol. The van der Waals surface area contributed by atoms with Gasteiger partial charge in [-0.25, -0.2) is 4.39 Å². The summed E-state index contributed by atoms with van der Waals surface area (Å²) in [5.74, 6) is -0.993. The van der Waals surface area contributed by atoms with E-state index in [-0.39, 0.29) is 11.5 Å². The Morgan fingerprint density at radius 1 is 1.42 bits per heavy atom. The first-order valence-corrected chi connectivity index (χ1v) is 6.76. The lowest BCUT2D eigenvalue weighted by Gasteiger charge is -2.03. The Morgan fingerprint density at radius 2 is 2.16 bits per heavy atom. The number of amides is 1. The summed E-state index contributed by atoms with van der Waals surface area (Å²) in [5, 5.41) is 11.7. The maximum atomic E-state index is 13.5. The summed E-state index contributed by atoms with van der Waals surface area (Å²) in [7, 11) is 0. The second kappa shape index (κ2) is 5.63. The summed E-state index contributed by atoms with van der Waals surface area (Å²) in [6, 6.07) is 3.81. The first kappa shape index (κ1) is 13.9. The molecule has 100 valence electrons. The fourth-order valence-corrected chi connectivity index (χ4v) is 2.27. The molecule has 2 aromatic rings. The first-order valence-electron chi connectivity index (χ1n) is 5.57. The van der Waals surface area contributed by atoms with Crippen LogP contribution in [0.2, 0.25) is 5.02 Å². The van der Waals surface area contributed by atoms with Crippen LogP contribution in [0.5, 0.6) is 0 Å². The summed E-state index contributed by atoms with van der Waals surface area (Å²) >= 11 is 7.00. The van der Waals surface area contributed by atoms with Crippen LogP contribution in [0.3, 0.4) is 0 Å².